The van der Waals surface area contributed by atoms with Crippen LogP contribution in [0.2, 0.25) is 0 Å². The van der Waals surface area contributed by atoms with E-state index in [1.165, 1.54) is 45.2 Å². The molecule has 1 heterocycles. The van der Waals surface area contributed by atoms with Crippen molar-refractivity contribution < 1.29 is 0 Å². The predicted octanol–water partition coefficient (Wildman–Crippen LogP) is 2.82. The number of nitrogens with one attached hydrogen (secondary N) is 1. The molecule has 2 aliphatic rings. The van der Waals surface area contributed by atoms with Gasteiger partial charge in [0.25, 0.3) is 0 Å². The second-order valence-electron chi connectivity index (χ2n) is 8.57. The van der Waals surface area contributed by atoms with Gasteiger partial charge in [-0.05, 0) is 77.7 Å². The molecule has 1 aliphatic carbocycles. The molecule has 3 heteroatoms. The quantitative estimate of drug-likeness (QED) is 0.864. The third-order valence-electron chi connectivity index (χ3n) is 6.11. The summed E-state index contributed by atoms with van der Waals surface area (Å²) < 4.78 is 0. The van der Waals surface area contributed by atoms with E-state index >= 15 is 0 Å². The van der Waals surface area contributed by atoms with E-state index in [0.29, 0.717) is 11.5 Å². The van der Waals surface area contributed by atoms with Crippen molar-refractivity contribution in [3.05, 3.63) is 0 Å². The van der Waals surface area contributed by atoms with Gasteiger partial charge in [0.15, 0.2) is 0 Å². The van der Waals surface area contributed by atoms with Crippen LogP contribution in [0.25, 0.3) is 0 Å². The average Bonchev–Trinajstić information content (AvgIpc) is 2.45. The summed E-state index contributed by atoms with van der Waals surface area (Å²) in [4.78, 5) is 5.20. The molecule has 0 bridgehead atoms. The maximum absolute atomic E-state index is 3.61. The smallest absolute Gasteiger partial charge is 0.0252 e. The molecule has 0 radical (unpaired) electrons. The minimum atomic E-state index is 0.457. The SMILES string of the molecule is CNC1CCC(C(C)(C)C)CC1N1CCC(N(C)C)CC1. The lowest BCUT2D eigenvalue weighted by molar-refractivity contribution is 0.0341. The molecule has 0 aromatic heterocycles. The first-order chi connectivity index (χ1) is 9.82. The first-order valence-corrected chi connectivity index (χ1v) is 8.90. The van der Waals surface area contributed by atoms with Crippen molar-refractivity contribution >= 4 is 0 Å². The molecule has 0 spiro atoms. The van der Waals surface area contributed by atoms with Gasteiger partial charge in [-0.15, -0.1) is 0 Å². The largest absolute Gasteiger partial charge is 0.315 e. The fraction of sp³-hybridized carbons (Fsp3) is 1.00. The van der Waals surface area contributed by atoms with Crippen molar-refractivity contribution in [3.8, 4) is 0 Å². The van der Waals surface area contributed by atoms with Crippen molar-refractivity contribution in [1.82, 2.24) is 15.1 Å². The topological polar surface area (TPSA) is 18.5 Å². The molecule has 1 saturated heterocycles. The van der Waals surface area contributed by atoms with Crippen LogP contribution in [0, 0.1) is 11.3 Å². The van der Waals surface area contributed by atoms with E-state index in [4.69, 9.17) is 0 Å². The second-order valence-corrected chi connectivity index (χ2v) is 8.57. The Morgan fingerprint density at radius 3 is 2.10 bits per heavy atom. The van der Waals surface area contributed by atoms with Crippen molar-refractivity contribution in [3.63, 3.8) is 0 Å². The molecule has 1 aliphatic heterocycles. The highest BCUT2D eigenvalue weighted by atomic mass is 15.2. The summed E-state index contributed by atoms with van der Waals surface area (Å²) in [7, 11) is 6.61. The van der Waals surface area contributed by atoms with Gasteiger partial charge >= 0.3 is 0 Å². The van der Waals surface area contributed by atoms with Crippen LogP contribution in [0.15, 0.2) is 0 Å². The van der Waals surface area contributed by atoms with E-state index < -0.39 is 0 Å². The van der Waals surface area contributed by atoms with Crippen molar-refractivity contribution in [2.45, 2.75) is 71.0 Å². The molecule has 1 saturated carbocycles. The van der Waals surface area contributed by atoms with Gasteiger partial charge in [0.05, 0.1) is 0 Å². The number of hydrogen-bond acceptors (Lipinski definition) is 3. The van der Waals surface area contributed by atoms with Crippen LogP contribution in [-0.2, 0) is 0 Å². The van der Waals surface area contributed by atoms with Gasteiger partial charge in [-0.25, -0.2) is 0 Å². The molecular weight excluding hydrogens is 258 g/mol. The Labute approximate surface area is 132 Å². The van der Waals surface area contributed by atoms with Gasteiger partial charge in [-0.1, -0.05) is 20.8 Å². The zero-order valence-electron chi connectivity index (χ0n) is 15.2. The lowest BCUT2D eigenvalue weighted by Gasteiger charge is -2.48. The van der Waals surface area contributed by atoms with Crippen LogP contribution in [0.1, 0.15) is 52.9 Å². The van der Waals surface area contributed by atoms with Crippen LogP contribution >= 0.6 is 0 Å². The van der Waals surface area contributed by atoms with Crippen molar-refractivity contribution in [2.75, 3.05) is 34.2 Å². The second kappa shape index (κ2) is 6.97. The maximum atomic E-state index is 3.61. The average molecular weight is 296 g/mol. The Hall–Kier alpha value is -0.120. The molecule has 2 rings (SSSR count). The Morgan fingerprint density at radius 1 is 1.00 bits per heavy atom. The first kappa shape index (κ1) is 17.2. The van der Waals surface area contributed by atoms with E-state index in [-0.39, 0.29) is 0 Å². The molecule has 1 N–H and O–H groups in total. The van der Waals surface area contributed by atoms with E-state index in [1.54, 1.807) is 0 Å². The van der Waals surface area contributed by atoms with Gasteiger partial charge in [-0.3, -0.25) is 4.90 Å². The molecular formula is C18H37N3. The summed E-state index contributed by atoms with van der Waals surface area (Å²) in [6.45, 7) is 9.83. The molecule has 3 nitrogen and oxygen atoms in total. The monoisotopic (exact) mass is 295 g/mol. The molecule has 0 amide bonds. The summed E-state index contributed by atoms with van der Waals surface area (Å²) in [5, 5.41) is 3.61. The highest BCUT2D eigenvalue weighted by Crippen LogP contribution is 2.40. The van der Waals surface area contributed by atoms with Crippen molar-refractivity contribution in [2.24, 2.45) is 11.3 Å². The number of likely N-dealkylation sites (N-methyl/N-ethyl adjacent to an activating group) is 1. The van der Waals surface area contributed by atoms with Gasteiger partial charge in [0, 0.05) is 18.1 Å². The van der Waals surface area contributed by atoms with Gasteiger partial charge in [0.2, 0.25) is 0 Å². The summed E-state index contributed by atoms with van der Waals surface area (Å²) in [6.07, 6.45) is 6.78. The molecule has 0 aromatic carbocycles. The fourth-order valence-electron chi connectivity index (χ4n) is 4.41. The lowest BCUT2D eigenvalue weighted by atomic mass is 9.69. The summed E-state index contributed by atoms with van der Waals surface area (Å²) in [5.41, 5.74) is 0.457. The molecule has 124 valence electrons. The van der Waals surface area contributed by atoms with Gasteiger partial charge in [0.1, 0.15) is 0 Å². The van der Waals surface area contributed by atoms with E-state index in [9.17, 15) is 0 Å². The molecule has 3 atom stereocenters. The normalized spacial score (nSPS) is 33.6. The highest BCUT2D eigenvalue weighted by molar-refractivity contribution is 4.95. The minimum Gasteiger partial charge on any atom is -0.315 e. The minimum absolute atomic E-state index is 0.457. The number of piperidine rings is 1. The third-order valence-corrected chi connectivity index (χ3v) is 6.11. The molecule has 2 fully saturated rings. The number of hydrogen-bond donors (Lipinski definition) is 1. The van der Waals surface area contributed by atoms with E-state index in [1.807, 2.05) is 0 Å². The van der Waals surface area contributed by atoms with Crippen LogP contribution in [0.5, 0.6) is 0 Å². The van der Waals surface area contributed by atoms with E-state index in [2.05, 4.69) is 57.0 Å². The number of likely N-dealkylation sites (tertiary alicyclic amines) is 1. The maximum Gasteiger partial charge on any atom is 0.0252 e. The Balaban J connectivity index is 1.98. The van der Waals surface area contributed by atoms with E-state index in [0.717, 1.165) is 18.0 Å². The Morgan fingerprint density at radius 2 is 1.62 bits per heavy atom. The van der Waals surface area contributed by atoms with Crippen LogP contribution in [-0.4, -0.2) is 62.2 Å². The van der Waals surface area contributed by atoms with Crippen LogP contribution in [0.4, 0.5) is 0 Å². The zero-order chi connectivity index (χ0) is 15.6. The van der Waals surface area contributed by atoms with Gasteiger partial charge < -0.3 is 10.2 Å². The third kappa shape index (κ3) is 4.20. The standard InChI is InChI=1S/C18H37N3/c1-18(2,3)14-7-8-16(19-4)17(13-14)21-11-9-15(10-12-21)20(5)6/h14-17,19H,7-13H2,1-6H3. The van der Waals surface area contributed by atoms with Gasteiger partial charge in [-0.2, -0.15) is 0 Å². The summed E-state index contributed by atoms with van der Waals surface area (Å²) in [6, 6.07) is 2.23. The molecule has 3 unspecified atom stereocenters. The summed E-state index contributed by atoms with van der Waals surface area (Å²) >= 11 is 0. The predicted molar refractivity (Wildman–Crippen MR) is 91.7 cm³/mol. The zero-order valence-corrected chi connectivity index (χ0v) is 15.2. The molecule has 0 aromatic rings. The van der Waals surface area contributed by atoms with Crippen LogP contribution in [0.3, 0.4) is 0 Å². The van der Waals surface area contributed by atoms with Crippen molar-refractivity contribution in [1.29, 1.82) is 0 Å². The highest BCUT2D eigenvalue weighted by Gasteiger charge is 2.39. The number of rotatable bonds is 3. The fourth-order valence-corrected chi connectivity index (χ4v) is 4.41. The lowest BCUT2D eigenvalue weighted by Crippen LogP contribution is -2.56. The first-order valence-electron chi connectivity index (χ1n) is 8.90. The number of nitrogens with zero attached hydrogens (tertiary/aromatic N) is 2. The molecule has 21 heavy (non-hydrogen) atoms. The van der Waals surface area contributed by atoms with Crippen LogP contribution < -0.4 is 5.32 Å². The Bertz CT molecular complexity index is 313. The Kier molecular flexibility index (Phi) is 5.72. The summed E-state index contributed by atoms with van der Waals surface area (Å²) in [5.74, 6) is 0.874.